The van der Waals surface area contributed by atoms with Crippen LogP contribution in [0.2, 0.25) is 0 Å². The molecule has 1 aliphatic heterocycles. The van der Waals surface area contributed by atoms with Gasteiger partial charge in [0.05, 0.1) is 4.90 Å². The maximum absolute atomic E-state index is 12.7. The highest BCUT2D eigenvalue weighted by Crippen LogP contribution is 2.22. The minimum absolute atomic E-state index is 0.154. The lowest BCUT2D eigenvalue weighted by Gasteiger charge is -2.31. The molecule has 1 saturated heterocycles. The summed E-state index contributed by atoms with van der Waals surface area (Å²) in [6.07, 6.45) is 1.42. The third kappa shape index (κ3) is 3.25. The summed E-state index contributed by atoms with van der Waals surface area (Å²) in [5, 5.41) is 18.8. The van der Waals surface area contributed by atoms with Crippen LogP contribution in [0.1, 0.15) is 18.4 Å². The monoisotopic (exact) mass is 373 g/mol. The van der Waals surface area contributed by atoms with Crippen molar-refractivity contribution in [2.24, 2.45) is 0 Å². The van der Waals surface area contributed by atoms with Gasteiger partial charge in [0.2, 0.25) is 10.0 Å². The number of hydrogen-bond acceptors (Lipinski definition) is 7. The van der Waals surface area contributed by atoms with Crippen LogP contribution in [0.4, 0.5) is 5.82 Å². The molecule has 0 atom stereocenters. The van der Waals surface area contributed by atoms with Crippen molar-refractivity contribution in [3.63, 3.8) is 0 Å². The van der Waals surface area contributed by atoms with Crippen LogP contribution in [-0.2, 0) is 10.0 Å². The Labute approximate surface area is 151 Å². The summed E-state index contributed by atoms with van der Waals surface area (Å²) in [7, 11) is -3.44. The molecule has 0 bridgehead atoms. The summed E-state index contributed by atoms with van der Waals surface area (Å²) in [4.78, 5) is 0.348. The number of benzene rings is 1. The number of piperidine rings is 1. The van der Waals surface area contributed by atoms with Gasteiger partial charge in [-0.05, 0) is 54.5 Å². The number of fused-ring (bicyclic) bond motifs is 1. The van der Waals surface area contributed by atoms with Gasteiger partial charge in [-0.15, -0.1) is 14.8 Å². The lowest BCUT2D eigenvalue weighted by atomic mass is 10.1. The molecule has 136 valence electrons. The molecule has 1 fully saturated rings. The van der Waals surface area contributed by atoms with Gasteiger partial charge in [0.1, 0.15) is 5.82 Å². The minimum atomic E-state index is -3.44. The molecular weight excluding hydrogens is 354 g/mol. The summed E-state index contributed by atoms with van der Waals surface area (Å²) in [6, 6.07) is 10.7. The number of hydrogen-bond donors (Lipinski definition) is 1. The average molecular weight is 373 g/mol. The second-order valence-corrected chi connectivity index (χ2v) is 8.32. The molecule has 10 heteroatoms. The van der Waals surface area contributed by atoms with Crippen molar-refractivity contribution in [1.29, 1.82) is 0 Å². The number of sulfonamides is 1. The molecule has 1 aliphatic rings. The Kier molecular flexibility index (Phi) is 4.29. The van der Waals surface area contributed by atoms with E-state index in [1.807, 2.05) is 25.1 Å². The zero-order chi connectivity index (χ0) is 18.1. The lowest BCUT2D eigenvalue weighted by molar-refractivity contribution is 0.329. The van der Waals surface area contributed by atoms with Gasteiger partial charge in [0, 0.05) is 19.1 Å². The SMILES string of the molecule is Cc1ccc(S(=O)(=O)N2CCC(Nc3ccc4nnnn4n3)CC2)cc1. The van der Waals surface area contributed by atoms with E-state index in [0.29, 0.717) is 42.3 Å². The quantitative estimate of drug-likeness (QED) is 0.730. The smallest absolute Gasteiger partial charge is 0.243 e. The number of aromatic nitrogens is 5. The molecule has 0 radical (unpaired) electrons. The summed E-state index contributed by atoms with van der Waals surface area (Å²) < 4.78 is 28.4. The topological polar surface area (TPSA) is 105 Å². The van der Waals surface area contributed by atoms with Gasteiger partial charge < -0.3 is 5.32 Å². The molecule has 0 amide bonds. The van der Waals surface area contributed by atoms with E-state index in [1.165, 1.54) is 4.63 Å². The van der Waals surface area contributed by atoms with Gasteiger partial charge in [-0.1, -0.05) is 17.7 Å². The Hall–Kier alpha value is -2.59. The first-order valence-corrected chi connectivity index (χ1v) is 9.85. The molecule has 9 nitrogen and oxygen atoms in total. The second kappa shape index (κ2) is 6.61. The normalized spacial score (nSPS) is 16.8. The molecule has 0 aliphatic carbocycles. The van der Waals surface area contributed by atoms with E-state index >= 15 is 0 Å². The molecule has 1 N–H and O–H groups in total. The van der Waals surface area contributed by atoms with E-state index in [-0.39, 0.29) is 6.04 Å². The van der Waals surface area contributed by atoms with Crippen LogP contribution in [0, 0.1) is 6.92 Å². The standard InChI is InChI=1S/C16H19N7O2S/c1-12-2-4-14(5-3-12)26(24,25)22-10-8-13(9-11-22)17-15-6-7-16-18-20-21-23(16)19-15/h2-7,13H,8-11H2,1H3,(H,17,19). The predicted molar refractivity (Wildman–Crippen MR) is 95.2 cm³/mol. The van der Waals surface area contributed by atoms with Gasteiger partial charge in [0.15, 0.2) is 5.65 Å². The fourth-order valence-electron chi connectivity index (χ4n) is 3.04. The van der Waals surface area contributed by atoms with Gasteiger partial charge in [0.25, 0.3) is 0 Å². The molecule has 3 aromatic rings. The van der Waals surface area contributed by atoms with Gasteiger partial charge >= 0.3 is 0 Å². The Bertz CT molecular complexity index is 1010. The summed E-state index contributed by atoms with van der Waals surface area (Å²) in [6.45, 7) is 2.89. The first-order chi connectivity index (χ1) is 12.5. The Morgan fingerprint density at radius 2 is 1.81 bits per heavy atom. The molecule has 0 unspecified atom stereocenters. The lowest BCUT2D eigenvalue weighted by Crippen LogP contribution is -2.42. The van der Waals surface area contributed by atoms with Gasteiger partial charge in [-0.25, -0.2) is 8.42 Å². The van der Waals surface area contributed by atoms with Gasteiger partial charge in [-0.3, -0.25) is 0 Å². The number of nitrogens with zero attached hydrogens (tertiary/aromatic N) is 6. The van der Waals surface area contributed by atoms with Crippen LogP contribution in [-0.4, -0.2) is 57.1 Å². The minimum Gasteiger partial charge on any atom is -0.366 e. The molecule has 26 heavy (non-hydrogen) atoms. The first kappa shape index (κ1) is 16.9. The van der Waals surface area contributed by atoms with Crippen molar-refractivity contribution in [2.45, 2.75) is 30.7 Å². The molecule has 0 spiro atoms. The summed E-state index contributed by atoms with van der Waals surface area (Å²) >= 11 is 0. The summed E-state index contributed by atoms with van der Waals surface area (Å²) in [5.74, 6) is 0.671. The van der Waals surface area contributed by atoms with Crippen LogP contribution >= 0.6 is 0 Å². The van der Waals surface area contributed by atoms with Crippen LogP contribution in [0.15, 0.2) is 41.3 Å². The Balaban J connectivity index is 1.41. The van der Waals surface area contributed by atoms with E-state index in [9.17, 15) is 8.42 Å². The van der Waals surface area contributed by atoms with Crippen molar-refractivity contribution in [3.8, 4) is 0 Å². The van der Waals surface area contributed by atoms with E-state index in [4.69, 9.17) is 0 Å². The maximum Gasteiger partial charge on any atom is 0.243 e. The average Bonchev–Trinajstić information content (AvgIpc) is 3.10. The number of aryl methyl sites for hydroxylation is 1. The second-order valence-electron chi connectivity index (χ2n) is 6.38. The van der Waals surface area contributed by atoms with Crippen molar-refractivity contribution in [1.82, 2.24) is 29.6 Å². The van der Waals surface area contributed by atoms with Crippen molar-refractivity contribution >= 4 is 21.5 Å². The molecule has 2 aromatic heterocycles. The zero-order valence-corrected chi connectivity index (χ0v) is 15.1. The molecular formula is C16H19N7O2S. The largest absolute Gasteiger partial charge is 0.366 e. The fraction of sp³-hybridized carbons (Fsp3) is 0.375. The van der Waals surface area contributed by atoms with Crippen molar-refractivity contribution in [2.75, 3.05) is 18.4 Å². The van der Waals surface area contributed by atoms with E-state index < -0.39 is 10.0 Å². The fourth-order valence-corrected chi connectivity index (χ4v) is 4.51. The number of anilines is 1. The Morgan fingerprint density at radius 3 is 2.54 bits per heavy atom. The van der Waals surface area contributed by atoms with Crippen LogP contribution < -0.4 is 5.32 Å². The van der Waals surface area contributed by atoms with Gasteiger partial charge in [-0.2, -0.15) is 4.31 Å². The zero-order valence-electron chi connectivity index (χ0n) is 14.3. The highest BCUT2D eigenvalue weighted by atomic mass is 32.2. The number of rotatable bonds is 4. The molecule has 0 saturated carbocycles. The van der Waals surface area contributed by atoms with E-state index in [1.54, 1.807) is 22.5 Å². The number of tetrazole rings is 1. The third-order valence-corrected chi connectivity index (χ3v) is 6.45. The predicted octanol–water partition coefficient (Wildman–Crippen LogP) is 1.09. The third-order valence-electron chi connectivity index (χ3n) is 4.53. The first-order valence-electron chi connectivity index (χ1n) is 8.41. The summed E-state index contributed by atoms with van der Waals surface area (Å²) in [5.41, 5.74) is 1.62. The maximum atomic E-state index is 12.7. The number of nitrogens with one attached hydrogen (secondary N) is 1. The van der Waals surface area contributed by atoms with Crippen molar-refractivity contribution in [3.05, 3.63) is 42.0 Å². The highest BCUT2D eigenvalue weighted by Gasteiger charge is 2.29. The Morgan fingerprint density at radius 1 is 1.08 bits per heavy atom. The van der Waals surface area contributed by atoms with Crippen molar-refractivity contribution < 1.29 is 8.42 Å². The van der Waals surface area contributed by atoms with Crippen LogP contribution in [0.5, 0.6) is 0 Å². The van der Waals surface area contributed by atoms with Crippen LogP contribution in [0.3, 0.4) is 0 Å². The van der Waals surface area contributed by atoms with Crippen LogP contribution in [0.25, 0.3) is 5.65 Å². The highest BCUT2D eigenvalue weighted by molar-refractivity contribution is 7.89. The van der Waals surface area contributed by atoms with E-state index in [2.05, 4.69) is 25.9 Å². The molecule has 4 rings (SSSR count). The molecule has 1 aromatic carbocycles. The van der Waals surface area contributed by atoms with E-state index in [0.717, 1.165) is 5.56 Å². The molecule has 3 heterocycles.